The van der Waals surface area contributed by atoms with Gasteiger partial charge in [-0.1, -0.05) is 0 Å². The minimum Gasteiger partial charge on any atom is -0.481 e. The highest BCUT2D eigenvalue weighted by atomic mass is 19.4. The average molecular weight is 384 g/mol. The molecule has 27 heavy (non-hydrogen) atoms. The summed E-state index contributed by atoms with van der Waals surface area (Å²) in [6.45, 7) is 3.77. The number of anilines is 2. The summed E-state index contributed by atoms with van der Waals surface area (Å²) < 4.78 is 40.2. The van der Waals surface area contributed by atoms with E-state index in [1.807, 2.05) is 16.7 Å². The lowest BCUT2D eigenvalue weighted by Gasteiger charge is -2.34. The monoisotopic (exact) mass is 384 g/mol. The highest BCUT2D eigenvalue weighted by Crippen LogP contribution is 2.54. The van der Waals surface area contributed by atoms with Crippen LogP contribution in [0.5, 0.6) is 0 Å². The summed E-state index contributed by atoms with van der Waals surface area (Å²) >= 11 is 0. The van der Waals surface area contributed by atoms with Crippen molar-refractivity contribution in [3.05, 3.63) is 11.8 Å². The van der Waals surface area contributed by atoms with E-state index < -0.39 is 17.8 Å². The van der Waals surface area contributed by atoms with Crippen molar-refractivity contribution in [1.82, 2.24) is 9.97 Å². The number of halogens is 3. The van der Waals surface area contributed by atoms with Crippen molar-refractivity contribution in [2.45, 2.75) is 44.8 Å². The first-order valence-electron chi connectivity index (χ1n) is 9.43. The van der Waals surface area contributed by atoms with Crippen molar-refractivity contribution < 1.29 is 23.1 Å². The SMILES string of the molecule is CC1CCCCN1c1nc(N2C[C@@H]3C(CC(=O)O)[C@@H]3C2)cc(C(F)(F)F)n1. The van der Waals surface area contributed by atoms with E-state index in [2.05, 4.69) is 9.97 Å². The summed E-state index contributed by atoms with van der Waals surface area (Å²) in [5.41, 5.74) is -0.914. The Morgan fingerprint density at radius 3 is 2.56 bits per heavy atom. The van der Waals surface area contributed by atoms with E-state index in [9.17, 15) is 18.0 Å². The number of aromatic nitrogens is 2. The van der Waals surface area contributed by atoms with Gasteiger partial charge in [-0.3, -0.25) is 4.79 Å². The van der Waals surface area contributed by atoms with Gasteiger partial charge in [0, 0.05) is 38.2 Å². The van der Waals surface area contributed by atoms with Gasteiger partial charge < -0.3 is 14.9 Å². The molecule has 6 nitrogen and oxygen atoms in total. The predicted molar refractivity (Wildman–Crippen MR) is 92.6 cm³/mol. The van der Waals surface area contributed by atoms with Gasteiger partial charge in [0.1, 0.15) is 5.82 Å². The number of piperidine rings is 2. The van der Waals surface area contributed by atoms with Gasteiger partial charge in [0.25, 0.3) is 0 Å². The Labute approximate surface area is 155 Å². The van der Waals surface area contributed by atoms with E-state index in [-0.39, 0.29) is 36.2 Å². The molecule has 9 heteroatoms. The van der Waals surface area contributed by atoms with Crippen molar-refractivity contribution in [2.75, 3.05) is 29.4 Å². The zero-order chi connectivity index (χ0) is 19.3. The van der Waals surface area contributed by atoms with Crippen LogP contribution in [0.15, 0.2) is 6.07 Å². The minimum absolute atomic E-state index is 0.113. The molecule has 3 fully saturated rings. The molecule has 0 radical (unpaired) electrons. The van der Waals surface area contributed by atoms with Gasteiger partial charge in [0.15, 0.2) is 5.69 Å². The van der Waals surface area contributed by atoms with Crippen LogP contribution in [0.1, 0.15) is 38.3 Å². The number of hydrogen-bond donors (Lipinski definition) is 1. The van der Waals surface area contributed by atoms with Crippen LogP contribution in [0.2, 0.25) is 0 Å². The van der Waals surface area contributed by atoms with Gasteiger partial charge in [-0.05, 0) is 43.9 Å². The van der Waals surface area contributed by atoms with Crippen LogP contribution in [0.3, 0.4) is 0 Å². The Morgan fingerprint density at radius 1 is 1.26 bits per heavy atom. The molecule has 3 heterocycles. The molecule has 2 unspecified atom stereocenters. The number of carbonyl (C=O) groups is 1. The van der Waals surface area contributed by atoms with Gasteiger partial charge in [-0.2, -0.15) is 18.2 Å². The fourth-order valence-corrected chi connectivity index (χ4v) is 4.59. The number of rotatable bonds is 4. The normalized spacial score (nSPS) is 30.4. The number of carboxylic acids is 1. The second-order valence-corrected chi connectivity index (χ2v) is 7.94. The second-order valence-electron chi connectivity index (χ2n) is 7.94. The molecule has 2 saturated heterocycles. The van der Waals surface area contributed by atoms with Crippen LogP contribution in [-0.2, 0) is 11.0 Å². The van der Waals surface area contributed by atoms with Crippen molar-refractivity contribution in [3.8, 4) is 0 Å². The molecule has 0 bridgehead atoms. The lowest BCUT2D eigenvalue weighted by Crippen LogP contribution is -2.39. The first-order valence-corrected chi connectivity index (χ1v) is 9.43. The fourth-order valence-electron chi connectivity index (χ4n) is 4.59. The first kappa shape index (κ1) is 18.3. The molecule has 1 saturated carbocycles. The molecule has 2 aliphatic heterocycles. The summed E-state index contributed by atoms with van der Waals surface area (Å²) in [6, 6.07) is 1.14. The zero-order valence-electron chi connectivity index (χ0n) is 15.1. The molecule has 4 rings (SSSR count). The van der Waals surface area contributed by atoms with Gasteiger partial charge >= 0.3 is 12.1 Å². The van der Waals surface area contributed by atoms with E-state index in [0.717, 1.165) is 25.3 Å². The van der Waals surface area contributed by atoms with Crippen LogP contribution in [0.25, 0.3) is 0 Å². The molecule has 1 aliphatic carbocycles. The molecule has 0 aromatic carbocycles. The predicted octanol–water partition coefficient (Wildman–Crippen LogP) is 3.03. The third-order valence-corrected chi connectivity index (χ3v) is 6.16. The minimum atomic E-state index is -4.53. The molecular formula is C18H23F3N4O2. The van der Waals surface area contributed by atoms with Crippen LogP contribution in [-0.4, -0.2) is 46.7 Å². The topological polar surface area (TPSA) is 69.6 Å². The number of fused-ring (bicyclic) bond motifs is 1. The number of alkyl halides is 3. The standard InChI is InChI=1S/C18H23F3N4O2/c1-10-4-2-3-5-25(10)17-22-14(18(19,20)21)7-15(23-17)24-8-12-11(6-16(26)27)13(12)9-24/h7,10-13H,2-6,8-9H2,1H3,(H,26,27)/t10?,11?,12-,13+. The molecule has 1 aromatic rings. The molecule has 1 N–H and O–H groups in total. The van der Waals surface area contributed by atoms with E-state index in [1.54, 1.807) is 0 Å². The van der Waals surface area contributed by atoms with Crippen LogP contribution < -0.4 is 9.80 Å². The molecule has 3 aliphatic rings. The summed E-state index contributed by atoms with van der Waals surface area (Å²) in [7, 11) is 0. The third-order valence-electron chi connectivity index (χ3n) is 6.16. The summed E-state index contributed by atoms with van der Waals surface area (Å²) in [5, 5.41) is 8.93. The number of hydrogen-bond acceptors (Lipinski definition) is 5. The van der Waals surface area contributed by atoms with Crippen LogP contribution >= 0.6 is 0 Å². The number of aliphatic carboxylic acids is 1. The maximum Gasteiger partial charge on any atom is 0.433 e. The highest BCUT2D eigenvalue weighted by Gasteiger charge is 2.56. The number of nitrogens with zero attached hydrogens (tertiary/aromatic N) is 4. The zero-order valence-corrected chi connectivity index (χ0v) is 15.1. The Morgan fingerprint density at radius 2 is 1.96 bits per heavy atom. The molecule has 0 amide bonds. The van der Waals surface area contributed by atoms with Gasteiger partial charge in [0.05, 0.1) is 0 Å². The van der Waals surface area contributed by atoms with E-state index >= 15 is 0 Å². The number of carboxylic acid groups (broad SMARTS) is 1. The molecule has 1 aromatic heterocycles. The first-order chi connectivity index (χ1) is 12.7. The van der Waals surface area contributed by atoms with Gasteiger partial charge in [0.2, 0.25) is 5.95 Å². The largest absolute Gasteiger partial charge is 0.481 e. The maximum atomic E-state index is 13.4. The van der Waals surface area contributed by atoms with Crippen LogP contribution in [0.4, 0.5) is 24.9 Å². The smallest absolute Gasteiger partial charge is 0.433 e. The maximum absolute atomic E-state index is 13.4. The van der Waals surface area contributed by atoms with Crippen molar-refractivity contribution in [2.24, 2.45) is 17.8 Å². The van der Waals surface area contributed by atoms with E-state index in [0.29, 0.717) is 25.5 Å². The Hall–Kier alpha value is -2.06. The Kier molecular flexibility index (Phi) is 4.43. The van der Waals surface area contributed by atoms with E-state index in [4.69, 9.17) is 5.11 Å². The molecule has 0 spiro atoms. The lowest BCUT2D eigenvalue weighted by molar-refractivity contribution is -0.141. The summed E-state index contributed by atoms with van der Waals surface area (Å²) in [4.78, 5) is 22.9. The third kappa shape index (κ3) is 3.55. The Balaban J connectivity index is 1.58. The van der Waals surface area contributed by atoms with Crippen LogP contribution in [0, 0.1) is 17.8 Å². The van der Waals surface area contributed by atoms with Gasteiger partial charge in [-0.25, -0.2) is 4.98 Å². The summed E-state index contributed by atoms with van der Waals surface area (Å²) in [5.74, 6) is 0.250. The highest BCUT2D eigenvalue weighted by molar-refractivity contribution is 5.68. The van der Waals surface area contributed by atoms with Crippen molar-refractivity contribution in [1.29, 1.82) is 0 Å². The second kappa shape index (κ2) is 6.53. The van der Waals surface area contributed by atoms with Gasteiger partial charge in [-0.15, -0.1) is 0 Å². The van der Waals surface area contributed by atoms with Crippen molar-refractivity contribution >= 4 is 17.7 Å². The quantitative estimate of drug-likeness (QED) is 0.861. The average Bonchev–Trinajstić information content (AvgIpc) is 3.03. The lowest BCUT2D eigenvalue weighted by atomic mass is 10.0. The molecule has 4 atom stereocenters. The Bertz CT molecular complexity index is 730. The van der Waals surface area contributed by atoms with E-state index in [1.165, 1.54) is 0 Å². The molecule has 148 valence electrons. The van der Waals surface area contributed by atoms with Crippen molar-refractivity contribution in [3.63, 3.8) is 0 Å². The fraction of sp³-hybridized carbons (Fsp3) is 0.722. The molecular weight excluding hydrogens is 361 g/mol. The summed E-state index contributed by atoms with van der Waals surface area (Å²) in [6.07, 6.45) is -1.50.